The van der Waals surface area contributed by atoms with Crippen molar-refractivity contribution in [2.75, 3.05) is 44.4 Å². The molecule has 2 heterocycles. The van der Waals surface area contributed by atoms with E-state index in [9.17, 15) is 27.6 Å². The number of carbonyl (C=O) groups excluding carboxylic acids is 3. The van der Waals surface area contributed by atoms with Crippen LogP contribution in [0.4, 0.5) is 23.7 Å². The minimum Gasteiger partial charge on any atom is -0.492 e. The monoisotopic (exact) mass is 715 g/mol. The van der Waals surface area contributed by atoms with E-state index in [0.717, 1.165) is 34.8 Å². The molecule has 4 amide bonds. The lowest BCUT2D eigenvalue weighted by Gasteiger charge is -2.34. The molecule has 280 valence electrons. The number of para-hydroxylation sites is 1. The maximum Gasteiger partial charge on any atom is 0.416 e. The van der Waals surface area contributed by atoms with Gasteiger partial charge in [0.25, 0.3) is 11.8 Å². The molecule has 0 bridgehead atoms. The standard InChI is InChI=1S/C37H46F3N3O6.C2H6/c1-36(2)30-26-27(37(38,39)40)16-18-31(30)41(22-25-49-28-14-8-7-9-15-28)32(36)19-17-29-33(46)42(20-10-3-5-12-23-44)35(48)43(34(29)47)21-11-4-6-13-24-45;1-2/h7-9,14-19,26,44-45H,3-6,10-13,20-25H2,1-2H3;1-2H3/b32-19+;. The number of hydrogen-bond acceptors (Lipinski definition) is 7. The molecule has 0 aromatic heterocycles. The molecule has 2 aliphatic rings. The van der Waals surface area contributed by atoms with Gasteiger partial charge in [-0.15, -0.1) is 0 Å². The van der Waals surface area contributed by atoms with Crippen LogP contribution in [0, 0.1) is 0 Å². The first-order chi connectivity index (χ1) is 24.4. The number of aliphatic hydroxyl groups excluding tert-OH is 2. The first-order valence-electron chi connectivity index (χ1n) is 17.9. The highest BCUT2D eigenvalue weighted by Gasteiger charge is 2.44. The summed E-state index contributed by atoms with van der Waals surface area (Å²) in [4.78, 5) is 44.8. The molecule has 0 spiro atoms. The van der Waals surface area contributed by atoms with Gasteiger partial charge < -0.3 is 19.8 Å². The second-order valence-corrected chi connectivity index (χ2v) is 12.8. The molecule has 1 saturated heterocycles. The van der Waals surface area contributed by atoms with Gasteiger partial charge in [0.1, 0.15) is 17.9 Å². The summed E-state index contributed by atoms with van der Waals surface area (Å²) in [5.74, 6) is -0.813. The minimum atomic E-state index is -4.54. The lowest BCUT2D eigenvalue weighted by molar-refractivity contribution is -0.138. The summed E-state index contributed by atoms with van der Waals surface area (Å²) in [6.45, 7) is 8.36. The zero-order valence-electron chi connectivity index (χ0n) is 30.2. The number of halogens is 3. The topological polar surface area (TPSA) is 111 Å². The Labute approximate surface area is 299 Å². The van der Waals surface area contributed by atoms with Crippen molar-refractivity contribution < 1.29 is 42.5 Å². The maximum absolute atomic E-state index is 13.8. The highest BCUT2D eigenvalue weighted by molar-refractivity contribution is 6.28. The summed E-state index contributed by atoms with van der Waals surface area (Å²) in [6.07, 6.45) is 3.47. The second kappa shape index (κ2) is 19.4. The summed E-state index contributed by atoms with van der Waals surface area (Å²) in [5.41, 5.74) is -0.368. The lowest BCUT2D eigenvalue weighted by atomic mass is 9.83. The SMILES string of the molecule is CC.CC1(C)/C(=C\C=C2C(=O)N(CCCCCCO)C(=O)N(CCCCCCO)C2=O)N(CCOc2ccccc2)c2ccc(C(F)(F)F)cc21. The largest absolute Gasteiger partial charge is 0.492 e. The third-order valence-corrected chi connectivity index (χ3v) is 8.95. The molecule has 1 fully saturated rings. The molecule has 2 aliphatic heterocycles. The molecule has 2 N–H and O–H groups in total. The van der Waals surface area contributed by atoms with Gasteiger partial charge in [-0.2, -0.15) is 13.2 Å². The van der Waals surface area contributed by atoms with Crippen LogP contribution >= 0.6 is 0 Å². The van der Waals surface area contributed by atoms with Crippen molar-refractivity contribution in [2.24, 2.45) is 0 Å². The number of hydrogen-bond donors (Lipinski definition) is 2. The number of allylic oxidation sites excluding steroid dienone is 3. The number of amides is 4. The van der Waals surface area contributed by atoms with Crippen LogP contribution in [-0.2, 0) is 21.2 Å². The number of ether oxygens (including phenoxy) is 1. The van der Waals surface area contributed by atoms with E-state index in [1.807, 2.05) is 36.9 Å². The van der Waals surface area contributed by atoms with Crippen LogP contribution in [0.25, 0.3) is 0 Å². The first-order valence-corrected chi connectivity index (χ1v) is 17.9. The second-order valence-electron chi connectivity index (χ2n) is 12.8. The van der Waals surface area contributed by atoms with Crippen LogP contribution in [0.2, 0.25) is 0 Å². The van der Waals surface area contributed by atoms with Gasteiger partial charge in [-0.05, 0) is 73.7 Å². The summed E-state index contributed by atoms with van der Waals surface area (Å²) < 4.78 is 47.3. The number of urea groups is 1. The van der Waals surface area contributed by atoms with Crippen LogP contribution < -0.4 is 9.64 Å². The number of anilines is 1. The number of imide groups is 2. The van der Waals surface area contributed by atoms with Crippen molar-refractivity contribution in [1.82, 2.24) is 9.80 Å². The smallest absolute Gasteiger partial charge is 0.416 e. The van der Waals surface area contributed by atoms with Crippen molar-refractivity contribution in [1.29, 1.82) is 0 Å². The molecule has 9 nitrogen and oxygen atoms in total. The van der Waals surface area contributed by atoms with E-state index in [0.29, 0.717) is 61.2 Å². The number of rotatable bonds is 17. The quantitative estimate of drug-likeness (QED) is 0.0986. The maximum atomic E-state index is 13.8. The first kappa shape index (κ1) is 41.3. The van der Waals surface area contributed by atoms with Crippen LogP contribution in [-0.4, -0.2) is 77.3 Å². The van der Waals surface area contributed by atoms with E-state index < -0.39 is 35.0 Å². The van der Waals surface area contributed by atoms with Gasteiger partial charge >= 0.3 is 12.2 Å². The summed E-state index contributed by atoms with van der Waals surface area (Å²) in [7, 11) is 0. The van der Waals surface area contributed by atoms with Crippen LogP contribution in [0.5, 0.6) is 5.75 Å². The fourth-order valence-corrected chi connectivity index (χ4v) is 6.24. The number of alkyl halides is 3. The van der Waals surface area contributed by atoms with Gasteiger partial charge in [-0.25, -0.2) is 4.79 Å². The normalized spacial score (nSPS) is 16.4. The fraction of sp³-hybridized carbons (Fsp3) is 0.513. The van der Waals surface area contributed by atoms with E-state index in [4.69, 9.17) is 14.9 Å². The number of aliphatic hydroxyl groups is 2. The fourth-order valence-electron chi connectivity index (χ4n) is 6.24. The number of benzene rings is 2. The zero-order chi connectivity index (χ0) is 37.6. The van der Waals surface area contributed by atoms with Gasteiger partial charge in [-0.1, -0.05) is 71.6 Å². The average Bonchev–Trinajstić information content (AvgIpc) is 3.32. The van der Waals surface area contributed by atoms with Gasteiger partial charge in [0.15, 0.2) is 0 Å². The Morgan fingerprint density at radius 3 is 1.80 bits per heavy atom. The van der Waals surface area contributed by atoms with E-state index >= 15 is 0 Å². The number of carbonyl (C=O) groups is 3. The Balaban J connectivity index is 0.00000345. The number of fused-ring (bicyclic) bond motifs is 1. The molecule has 0 unspecified atom stereocenters. The molecule has 0 atom stereocenters. The Morgan fingerprint density at radius 2 is 1.27 bits per heavy atom. The van der Waals surface area contributed by atoms with E-state index in [-0.39, 0.29) is 45.0 Å². The zero-order valence-corrected chi connectivity index (χ0v) is 30.2. The van der Waals surface area contributed by atoms with Gasteiger partial charge in [-0.3, -0.25) is 19.4 Å². The van der Waals surface area contributed by atoms with Crippen molar-refractivity contribution >= 4 is 23.5 Å². The van der Waals surface area contributed by atoms with Crippen LogP contribution in [0.15, 0.2) is 72.0 Å². The Hall–Kier alpha value is -4.16. The van der Waals surface area contributed by atoms with Crippen LogP contribution in [0.1, 0.15) is 90.2 Å². The predicted octanol–water partition coefficient (Wildman–Crippen LogP) is 7.61. The average molecular weight is 716 g/mol. The highest BCUT2D eigenvalue weighted by Crippen LogP contribution is 2.49. The molecule has 2 aromatic rings. The molecule has 4 rings (SSSR count). The predicted molar refractivity (Wildman–Crippen MR) is 191 cm³/mol. The van der Waals surface area contributed by atoms with E-state index in [1.165, 1.54) is 12.1 Å². The molecule has 0 radical (unpaired) electrons. The molecular formula is C39H52F3N3O6. The summed E-state index contributed by atoms with van der Waals surface area (Å²) >= 11 is 0. The Kier molecular flexibility index (Phi) is 15.7. The van der Waals surface area contributed by atoms with Crippen molar-refractivity contribution in [3.8, 4) is 5.75 Å². The highest BCUT2D eigenvalue weighted by atomic mass is 19.4. The van der Waals surface area contributed by atoms with Gasteiger partial charge in [0.2, 0.25) is 0 Å². The van der Waals surface area contributed by atoms with E-state index in [2.05, 4.69) is 0 Å². The molecule has 12 heteroatoms. The summed E-state index contributed by atoms with van der Waals surface area (Å²) in [6, 6.07) is 12.1. The van der Waals surface area contributed by atoms with Crippen molar-refractivity contribution in [3.63, 3.8) is 0 Å². The number of barbiturate groups is 1. The molecule has 2 aromatic carbocycles. The Bertz CT molecular complexity index is 1490. The lowest BCUT2D eigenvalue weighted by Crippen LogP contribution is -2.56. The van der Waals surface area contributed by atoms with Gasteiger partial charge in [0, 0.05) is 43.1 Å². The molecular weight excluding hydrogens is 663 g/mol. The van der Waals surface area contributed by atoms with Gasteiger partial charge in [0.05, 0.1) is 12.1 Å². The third kappa shape index (κ3) is 10.4. The molecule has 0 aliphatic carbocycles. The molecule has 51 heavy (non-hydrogen) atoms. The van der Waals surface area contributed by atoms with E-state index in [1.54, 1.807) is 32.1 Å². The Morgan fingerprint density at radius 1 is 0.725 bits per heavy atom. The van der Waals surface area contributed by atoms with Crippen molar-refractivity contribution in [2.45, 2.75) is 90.7 Å². The summed E-state index contributed by atoms with van der Waals surface area (Å²) in [5, 5.41) is 18.2. The molecule has 0 saturated carbocycles. The van der Waals surface area contributed by atoms with Crippen LogP contribution in [0.3, 0.4) is 0 Å². The number of unbranched alkanes of at least 4 members (excludes halogenated alkanes) is 6. The third-order valence-electron chi connectivity index (χ3n) is 8.95. The number of nitrogens with zero attached hydrogens (tertiary/aromatic N) is 3. The van der Waals surface area contributed by atoms with Crippen molar-refractivity contribution in [3.05, 3.63) is 83.1 Å². The minimum absolute atomic E-state index is 0.0504.